The molecular weight excluding hydrogens is 556 g/mol. The third-order valence-electron chi connectivity index (χ3n) is 9.37. The second-order valence-corrected chi connectivity index (χ2v) is 12.4. The highest BCUT2D eigenvalue weighted by molar-refractivity contribution is 5.94. The van der Waals surface area contributed by atoms with Crippen molar-refractivity contribution in [2.75, 3.05) is 61.8 Å². The minimum atomic E-state index is -1.35. The van der Waals surface area contributed by atoms with Crippen LogP contribution in [0.15, 0.2) is 48.8 Å². The Morgan fingerprint density at radius 2 is 1.68 bits per heavy atom. The molecule has 0 spiro atoms. The number of aromatic nitrogens is 4. The summed E-state index contributed by atoms with van der Waals surface area (Å²) in [6.45, 7) is 6.75. The van der Waals surface area contributed by atoms with Gasteiger partial charge in [0.25, 0.3) is 0 Å². The number of nitrogens with two attached hydrogens (primary N) is 1. The zero-order valence-electron chi connectivity index (χ0n) is 25.2. The van der Waals surface area contributed by atoms with Crippen LogP contribution >= 0.6 is 0 Å². The van der Waals surface area contributed by atoms with Crippen LogP contribution in [0.5, 0.6) is 0 Å². The van der Waals surface area contributed by atoms with Gasteiger partial charge in [0.15, 0.2) is 11.6 Å². The second-order valence-electron chi connectivity index (χ2n) is 12.4. The Balaban J connectivity index is 1.11. The summed E-state index contributed by atoms with van der Waals surface area (Å²) in [6.07, 6.45) is 5.51. The second kappa shape index (κ2) is 12.3. The van der Waals surface area contributed by atoms with Crippen LogP contribution in [0.3, 0.4) is 0 Å². The van der Waals surface area contributed by atoms with Crippen LogP contribution in [0.2, 0.25) is 0 Å². The maximum Gasteiger partial charge on any atom is 0.158 e. The average Bonchev–Trinajstić information content (AvgIpc) is 3.51. The Morgan fingerprint density at radius 1 is 0.932 bits per heavy atom. The molecular formula is C32H42N10O2. The van der Waals surface area contributed by atoms with E-state index >= 15 is 0 Å². The Morgan fingerprint density at radius 3 is 2.39 bits per heavy atom. The molecule has 1 unspecified atom stereocenters. The number of pyridine rings is 1. The van der Waals surface area contributed by atoms with Gasteiger partial charge < -0.3 is 41.4 Å². The van der Waals surface area contributed by atoms with Crippen molar-refractivity contribution in [3.8, 4) is 11.4 Å². The van der Waals surface area contributed by atoms with Crippen molar-refractivity contribution in [2.45, 2.75) is 50.1 Å². The van der Waals surface area contributed by atoms with Gasteiger partial charge >= 0.3 is 0 Å². The summed E-state index contributed by atoms with van der Waals surface area (Å²) in [6, 6.07) is 12.9. The Labute approximate surface area is 257 Å². The summed E-state index contributed by atoms with van der Waals surface area (Å²) in [5.74, 6) is 0.892. The van der Waals surface area contributed by atoms with Gasteiger partial charge in [0.05, 0.1) is 6.10 Å². The maximum atomic E-state index is 10.6. The van der Waals surface area contributed by atoms with Crippen LogP contribution in [0.1, 0.15) is 37.6 Å². The number of aromatic amines is 1. The van der Waals surface area contributed by atoms with Crippen LogP contribution in [-0.2, 0) is 0 Å². The number of piperidine rings is 1. The molecule has 232 valence electrons. The number of nitrogens with zero attached hydrogens (tertiary/aromatic N) is 6. The predicted octanol–water partition coefficient (Wildman–Crippen LogP) is 2.86. The number of hydrogen-bond donors (Lipinski definition) is 6. The number of H-pyrrole nitrogens is 1. The normalized spacial score (nSPS) is 22.6. The fraction of sp³-hybridized carbons (Fsp3) is 0.469. The number of aliphatic hydroxyl groups excluding tert-OH is 2. The van der Waals surface area contributed by atoms with Gasteiger partial charge in [-0.25, -0.2) is 9.97 Å². The summed E-state index contributed by atoms with van der Waals surface area (Å²) in [5.41, 5.74) is 10.3. The number of aliphatic hydroxyl groups is 2. The Kier molecular flexibility index (Phi) is 8.08. The number of nitrogens with one attached hydrogen (secondary N) is 3. The molecule has 0 bridgehead atoms. The van der Waals surface area contributed by atoms with Gasteiger partial charge in [-0.2, -0.15) is 0 Å². The quantitative estimate of drug-likeness (QED) is 0.166. The Bertz CT molecular complexity index is 1570. The van der Waals surface area contributed by atoms with Gasteiger partial charge in [-0.05, 0) is 69.1 Å². The molecule has 0 amide bonds. The number of benzene rings is 1. The van der Waals surface area contributed by atoms with E-state index < -0.39 is 6.23 Å². The fourth-order valence-electron chi connectivity index (χ4n) is 6.65. The van der Waals surface area contributed by atoms with Crippen molar-refractivity contribution in [1.82, 2.24) is 29.7 Å². The lowest BCUT2D eigenvalue weighted by molar-refractivity contribution is 0.0835. The molecule has 7 rings (SSSR count). The van der Waals surface area contributed by atoms with Crippen LogP contribution in [0.25, 0.3) is 22.3 Å². The van der Waals surface area contributed by atoms with E-state index in [4.69, 9.17) is 15.7 Å². The average molecular weight is 599 g/mol. The molecule has 1 aromatic carbocycles. The lowest BCUT2D eigenvalue weighted by atomic mass is 9.89. The van der Waals surface area contributed by atoms with E-state index in [-0.39, 0.29) is 17.8 Å². The molecule has 1 aliphatic carbocycles. The molecule has 3 fully saturated rings. The number of hydrogen-bond acceptors (Lipinski definition) is 11. The largest absolute Gasteiger partial charge is 0.393 e. The third-order valence-corrected chi connectivity index (χ3v) is 9.37. The molecule has 2 saturated heterocycles. The van der Waals surface area contributed by atoms with E-state index in [0.29, 0.717) is 41.9 Å². The van der Waals surface area contributed by atoms with E-state index in [2.05, 4.69) is 54.5 Å². The number of rotatable bonds is 8. The molecule has 7 N–H and O–H groups in total. The summed E-state index contributed by atoms with van der Waals surface area (Å²) < 4.78 is 0. The van der Waals surface area contributed by atoms with Gasteiger partial charge in [0.2, 0.25) is 0 Å². The van der Waals surface area contributed by atoms with Crippen molar-refractivity contribution < 1.29 is 10.2 Å². The first-order valence-corrected chi connectivity index (χ1v) is 15.7. The molecule has 3 aliphatic rings. The zero-order valence-corrected chi connectivity index (χ0v) is 25.2. The maximum absolute atomic E-state index is 10.6. The van der Waals surface area contributed by atoms with Crippen molar-refractivity contribution in [1.29, 1.82) is 0 Å². The summed E-state index contributed by atoms with van der Waals surface area (Å²) in [4.78, 5) is 25.1. The van der Waals surface area contributed by atoms with E-state index in [1.165, 1.54) is 31.6 Å². The highest BCUT2D eigenvalue weighted by Crippen LogP contribution is 2.35. The molecule has 3 aromatic heterocycles. The molecule has 4 aromatic rings. The van der Waals surface area contributed by atoms with Crippen molar-refractivity contribution >= 4 is 33.9 Å². The summed E-state index contributed by atoms with van der Waals surface area (Å²) in [7, 11) is 2.21. The summed E-state index contributed by atoms with van der Waals surface area (Å²) >= 11 is 0. The topological polar surface area (TPSA) is 155 Å². The first-order chi connectivity index (χ1) is 21.4. The van der Waals surface area contributed by atoms with E-state index in [9.17, 15) is 10.2 Å². The first kappa shape index (κ1) is 28.9. The smallest absolute Gasteiger partial charge is 0.158 e. The fourth-order valence-corrected chi connectivity index (χ4v) is 6.65. The molecule has 12 nitrogen and oxygen atoms in total. The predicted molar refractivity (Wildman–Crippen MR) is 173 cm³/mol. The van der Waals surface area contributed by atoms with Crippen LogP contribution < -0.4 is 21.3 Å². The highest BCUT2D eigenvalue weighted by atomic mass is 16.3. The van der Waals surface area contributed by atoms with E-state index in [0.717, 1.165) is 42.8 Å². The van der Waals surface area contributed by atoms with E-state index in [1.807, 2.05) is 30.5 Å². The standard InChI is InChI=1S/C32H42N10O2/c1-40-14-16-42(17-15-40)23-8-12-41(13-9-23)22-4-2-20(3-5-22)36-32-29(30(33)44)38-28(31(39-32)37-21-18-24(43)19-21)27-25-6-10-34-26(25)7-11-35-27/h2-7,10-11,21,23-24,30,34,43-44H,8-9,12-19,33H2,1H3,(H2,36,37,39)/t21-,24-,30?. The molecule has 5 heterocycles. The van der Waals surface area contributed by atoms with Crippen molar-refractivity contribution in [3.05, 3.63) is 54.5 Å². The minimum Gasteiger partial charge on any atom is -0.393 e. The minimum absolute atomic E-state index is 0.0599. The highest BCUT2D eigenvalue weighted by Gasteiger charge is 2.30. The third kappa shape index (κ3) is 5.95. The van der Waals surface area contributed by atoms with Crippen LogP contribution in [-0.4, -0.2) is 104 Å². The van der Waals surface area contributed by atoms with Crippen LogP contribution in [0.4, 0.5) is 23.0 Å². The number of fused-ring (bicyclic) bond motifs is 1. The Hall–Kier alpha value is -3.81. The van der Waals surface area contributed by atoms with Crippen molar-refractivity contribution in [2.24, 2.45) is 5.73 Å². The van der Waals surface area contributed by atoms with Gasteiger partial charge in [-0.1, -0.05) is 0 Å². The molecule has 2 aliphatic heterocycles. The van der Waals surface area contributed by atoms with Gasteiger partial charge in [-0.15, -0.1) is 0 Å². The van der Waals surface area contributed by atoms with Gasteiger partial charge in [-0.3, -0.25) is 9.88 Å². The summed E-state index contributed by atoms with van der Waals surface area (Å²) in [5, 5.41) is 28.2. The van der Waals surface area contributed by atoms with E-state index in [1.54, 1.807) is 6.20 Å². The number of likely N-dealkylation sites (N-methyl/N-ethyl adjacent to an activating group) is 1. The molecule has 0 radical (unpaired) electrons. The molecule has 12 heteroatoms. The lowest BCUT2D eigenvalue weighted by Crippen LogP contribution is -2.52. The lowest BCUT2D eigenvalue weighted by Gasteiger charge is -2.42. The molecule has 1 atom stereocenters. The van der Waals surface area contributed by atoms with Gasteiger partial charge in [0, 0.05) is 86.0 Å². The first-order valence-electron chi connectivity index (χ1n) is 15.7. The number of piperazine rings is 1. The molecule has 44 heavy (non-hydrogen) atoms. The van der Waals surface area contributed by atoms with Crippen molar-refractivity contribution in [3.63, 3.8) is 0 Å². The molecule has 1 saturated carbocycles. The SMILES string of the molecule is CN1CCN(C2CCN(c3ccc(Nc4nc(N[C@H]5C[C@H](O)C5)c(-c5nccc6[nH]ccc56)nc4C(N)O)cc3)CC2)CC1. The number of anilines is 4. The zero-order chi connectivity index (χ0) is 30.2. The van der Waals surface area contributed by atoms with Crippen LogP contribution in [0, 0.1) is 0 Å². The van der Waals surface area contributed by atoms with Gasteiger partial charge in [0.1, 0.15) is 23.3 Å². The monoisotopic (exact) mass is 598 g/mol.